The maximum atomic E-state index is 13.4. The van der Waals surface area contributed by atoms with Crippen LogP contribution in [0.3, 0.4) is 0 Å². The van der Waals surface area contributed by atoms with Gasteiger partial charge in [0, 0.05) is 19.0 Å². The fraction of sp³-hybridized carbons (Fsp3) is 0.500. The number of carbonyl (C=O) groups excluding carboxylic acids is 1. The second kappa shape index (κ2) is 6.61. The van der Waals surface area contributed by atoms with Crippen LogP contribution in [0.2, 0.25) is 0 Å². The number of halogens is 2. The van der Waals surface area contributed by atoms with E-state index < -0.39 is 11.6 Å². The number of nitrogens with one attached hydrogen (secondary N) is 2. The van der Waals surface area contributed by atoms with Crippen LogP contribution < -0.4 is 10.6 Å². The van der Waals surface area contributed by atoms with Crippen molar-refractivity contribution in [1.82, 2.24) is 10.6 Å². The molecule has 1 amide bonds. The highest BCUT2D eigenvalue weighted by molar-refractivity contribution is 5.76. The van der Waals surface area contributed by atoms with Gasteiger partial charge >= 0.3 is 0 Å². The number of hydrogen-bond donors (Lipinski definition) is 2. The lowest BCUT2D eigenvalue weighted by Gasteiger charge is -2.23. The molecule has 3 nitrogen and oxygen atoms in total. The van der Waals surface area contributed by atoms with E-state index in [-0.39, 0.29) is 30.4 Å². The van der Waals surface area contributed by atoms with Crippen molar-refractivity contribution in [2.45, 2.75) is 31.7 Å². The van der Waals surface area contributed by atoms with Crippen molar-refractivity contribution in [1.29, 1.82) is 0 Å². The Kier molecular flexibility index (Phi) is 4.85. The molecule has 1 aliphatic rings. The molecule has 1 unspecified atom stereocenters. The van der Waals surface area contributed by atoms with E-state index >= 15 is 0 Å². The van der Waals surface area contributed by atoms with Crippen LogP contribution in [0.5, 0.6) is 0 Å². The van der Waals surface area contributed by atoms with Crippen molar-refractivity contribution in [2.24, 2.45) is 0 Å². The minimum atomic E-state index is -0.478. The van der Waals surface area contributed by atoms with Crippen LogP contribution in [0.15, 0.2) is 18.2 Å². The van der Waals surface area contributed by atoms with Crippen molar-refractivity contribution in [3.05, 3.63) is 35.4 Å². The molecular weight excluding hydrogens is 250 g/mol. The predicted molar refractivity (Wildman–Crippen MR) is 68.7 cm³/mol. The first-order chi connectivity index (χ1) is 9.15. The van der Waals surface area contributed by atoms with E-state index in [4.69, 9.17) is 0 Å². The van der Waals surface area contributed by atoms with Crippen molar-refractivity contribution >= 4 is 5.91 Å². The van der Waals surface area contributed by atoms with E-state index in [1.165, 1.54) is 0 Å². The first kappa shape index (κ1) is 13.9. The van der Waals surface area contributed by atoms with Crippen LogP contribution in [0.25, 0.3) is 0 Å². The second-order valence-corrected chi connectivity index (χ2v) is 4.85. The van der Waals surface area contributed by atoms with Crippen LogP contribution in [-0.4, -0.2) is 25.0 Å². The summed E-state index contributed by atoms with van der Waals surface area (Å²) in [6, 6.07) is 3.46. The number of aryl methyl sites for hydroxylation is 1. The van der Waals surface area contributed by atoms with Gasteiger partial charge < -0.3 is 10.6 Å². The summed E-state index contributed by atoms with van der Waals surface area (Å²) >= 11 is 0. The Bertz CT molecular complexity index is 445. The van der Waals surface area contributed by atoms with Crippen LogP contribution in [0.1, 0.15) is 24.8 Å². The molecule has 2 N–H and O–H groups in total. The highest BCUT2D eigenvalue weighted by Gasteiger charge is 2.15. The minimum Gasteiger partial charge on any atom is -0.352 e. The van der Waals surface area contributed by atoms with Crippen LogP contribution >= 0.6 is 0 Å². The first-order valence-corrected chi connectivity index (χ1v) is 6.59. The number of piperidine rings is 1. The molecule has 5 heteroatoms. The highest BCUT2D eigenvalue weighted by atomic mass is 19.1. The summed E-state index contributed by atoms with van der Waals surface area (Å²) in [6.07, 6.45) is 2.41. The lowest BCUT2D eigenvalue weighted by Crippen LogP contribution is -2.45. The number of rotatable bonds is 4. The monoisotopic (exact) mass is 268 g/mol. The normalized spacial score (nSPS) is 19.2. The molecule has 0 spiro atoms. The SMILES string of the molecule is O=C(CCc1cc(F)ccc1F)NC1CCCNC1. The molecular formula is C14H18F2N2O. The molecule has 1 atom stereocenters. The van der Waals surface area contributed by atoms with Gasteiger partial charge in [0.15, 0.2) is 0 Å². The quantitative estimate of drug-likeness (QED) is 0.873. The fourth-order valence-corrected chi connectivity index (χ4v) is 2.26. The Labute approximate surface area is 111 Å². The predicted octanol–water partition coefficient (Wildman–Crippen LogP) is 1.77. The van der Waals surface area contributed by atoms with Crippen molar-refractivity contribution in [2.75, 3.05) is 13.1 Å². The average molecular weight is 268 g/mol. The summed E-state index contributed by atoms with van der Waals surface area (Å²) in [7, 11) is 0. The van der Waals surface area contributed by atoms with E-state index in [2.05, 4.69) is 10.6 Å². The van der Waals surface area contributed by atoms with Crippen molar-refractivity contribution in [3.63, 3.8) is 0 Å². The van der Waals surface area contributed by atoms with Crippen LogP contribution in [-0.2, 0) is 11.2 Å². The maximum absolute atomic E-state index is 13.4. The summed E-state index contributed by atoms with van der Waals surface area (Å²) in [5.74, 6) is -1.06. The summed E-state index contributed by atoms with van der Waals surface area (Å²) in [4.78, 5) is 11.7. The first-order valence-electron chi connectivity index (χ1n) is 6.59. The highest BCUT2D eigenvalue weighted by Crippen LogP contribution is 2.12. The van der Waals surface area contributed by atoms with Crippen LogP contribution in [0, 0.1) is 11.6 Å². The maximum Gasteiger partial charge on any atom is 0.220 e. The molecule has 19 heavy (non-hydrogen) atoms. The zero-order valence-corrected chi connectivity index (χ0v) is 10.7. The van der Waals surface area contributed by atoms with Crippen molar-refractivity contribution in [3.8, 4) is 0 Å². The van der Waals surface area contributed by atoms with Gasteiger partial charge in [-0.15, -0.1) is 0 Å². The van der Waals surface area contributed by atoms with E-state index in [0.717, 1.165) is 44.1 Å². The minimum absolute atomic E-state index is 0.114. The number of amides is 1. The van der Waals surface area contributed by atoms with Gasteiger partial charge in [0.2, 0.25) is 5.91 Å². The Balaban J connectivity index is 1.81. The molecule has 0 saturated carbocycles. The molecule has 1 aliphatic heterocycles. The van der Waals surface area contributed by atoms with Gasteiger partial charge in [-0.1, -0.05) is 0 Å². The van der Waals surface area contributed by atoms with Gasteiger partial charge in [-0.25, -0.2) is 8.78 Å². The van der Waals surface area contributed by atoms with E-state index in [0.29, 0.717) is 0 Å². The van der Waals surface area contributed by atoms with Gasteiger partial charge in [-0.05, 0) is 49.6 Å². The Morgan fingerprint density at radius 3 is 3.00 bits per heavy atom. The van der Waals surface area contributed by atoms with Gasteiger partial charge in [-0.2, -0.15) is 0 Å². The number of carbonyl (C=O) groups is 1. The molecule has 1 aromatic carbocycles. The fourth-order valence-electron chi connectivity index (χ4n) is 2.26. The van der Waals surface area contributed by atoms with Gasteiger partial charge in [0.25, 0.3) is 0 Å². The molecule has 0 aromatic heterocycles. The van der Waals surface area contributed by atoms with Gasteiger partial charge in [0.05, 0.1) is 0 Å². The molecule has 0 bridgehead atoms. The third kappa shape index (κ3) is 4.28. The molecule has 1 fully saturated rings. The van der Waals surface area contributed by atoms with E-state index in [1.807, 2.05) is 0 Å². The van der Waals surface area contributed by atoms with Gasteiger partial charge in [0.1, 0.15) is 11.6 Å². The molecule has 2 rings (SSSR count). The topological polar surface area (TPSA) is 41.1 Å². The number of hydrogen-bond acceptors (Lipinski definition) is 2. The zero-order valence-electron chi connectivity index (χ0n) is 10.7. The molecule has 0 aliphatic carbocycles. The lowest BCUT2D eigenvalue weighted by molar-refractivity contribution is -0.121. The molecule has 1 saturated heterocycles. The summed E-state index contributed by atoms with van der Waals surface area (Å²) in [5.41, 5.74) is 0.247. The standard InChI is InChI=1S/C14H18F2N2O/c15-11-4-5-13(16)10(8-11)3-6-14(19)18-12-2-1-7-17-9-12/h4-5,8,12,17H,1-3,6-7,9H2,(H,18,19). The molecule has 1 aromatic rings. The Morgan fingerprint density at radius 1 is 1.42 bits per heavy atom. The molecule has 0 radical (unpaired) electrons. The van der Waals surface area contributed by atoms with Crippen LogP contribution in [0.4, 0.5) is 8.78 Å². The second-order valence-electron chi connectivity index (χ2n) is 4.85. The summed E-state index contributed by atoms with van der Waals surface area (Å²) < 4.78 is 26.3. The Hall–Kier alpha value is -1.49. The number of benzene rings is 1. The zero-order chi connectivity index (χ0) is 13.7. The molecule has 104 valence electrons. The van der Waals surface area contributed by atoms with Gasteiger partial charge in [-0.3, -0.25) is 4.79 Å². The van der Waals surface area contributed by atoms with Crippen molar-refractivity contribution < 1.29 is 13.6 Å². The largest absolute Gasteiger partial charge is 0.352 e. The third-order valence-electron chi connectivity index (χ3n) is 3.29. The summed E-state index contributed by atoms with van der Waals surface area (Å²) in [5, 5.41) is 6.11. The van der Waals surface area contributed by atoms with E-state index in [9.17, 15) is 13.6 Å². The third-order valence-corrected chi connectivity index (χ3v) is 3.29. The lowest BCUT2D eigenvalue weighted by atomic mass is 10.1. The summed E-state index contributed by atoms with van der Waals surface area (Å²) in [6.45, 7) is 1.76. The smallest absolute Gasteiger partial charge is 0.220 e. The average Bonchev–Trinajstić information content (AvgIpc) is 2.41. The van der Waals surface area contributed by atoms with E-state index in [1.54, 1.807) is 0 Å². The molecule has 1 heterocycles. The Morgan fingerprint density at radius 2 is 2.26 bits per heavy atom.